The summed E-state index contributed by atoms with van der Waals surface area (Å²) in [7, 11) is 0. The van der Waals surface area contributed by atoms with Crippen molar-refractivity contribution in [3.8, 4) is 0 Å². The van der Waals surface area contributed by atoms with Crippen molar-refractivity contribution in [1.82, 2.24) is 10.2 Å². The van der Waals surface area contributed by atoms with Gasteiger partial charge in [-0.1, -0.05) is 27.7 Å². The van der Waals surface area contributed by atoms with Gasteiger partial charge in [-0.2, -0.15) is 0 Å². The highest BCUT2D eigenvalue weighted by Crippen LogP contribution is 2.33. The van der Waals surface area contributed by atoms with E-state index in [1.807, 2.05) is 0 Å². The van der Waals surface area contributed by atoms with E-state index in [0.29, 0.717) is 0 Å². The highest BCUT2D eigenvalue weighted by atomic mass is 15.2. The van der Waals surface area contributed by atoms with E-state index in [-0.39, 0.29) is 0 Å². The molecule has 0 aromatic rings. The Morgan fingerprint density at radius 2 is 1.79 bits per heavy atom. The van der Waals surface area contributed by atoms with E-state index in [2.05, 4.69) is 37.9 Å². The minimum atomic E-state index is 0.720. The zero-order chi connectivity index (χ0) is 13.8. The summed E-state index contributed by atoms with van der Waals surface area (Å²) >= 11 is 0. The molecule has 5 unspecified atom stereocenters. The van der Waals surface area contributed by atoms with Crippen molar-refractivity contribution >= 4 is 0 Å². The molecule has 1 saturated carbocycles. The Labute approximate surface area is 120 Å². The van der Waals surface area contributed by atoms with Crippen LogP contribution in [-0.4, -0.2) is 36.6 Å². The molecule has 1 N–H and O–H groups in total. The molecule has 5 atom stereocenters. The van der Waals surface area contributed by atoms with Crippen LogP contribution in [0.15, 0.2) is 0 Å². The van der Waals surface area contributed by atoms with Crippen LogP contribution in [0.1, 0.15) is 59.8 Å². The van der Waals surface area contributed by atoms with Gasteiger partial charge in [0.05, 0.1) is 0 Å². The molecule has 1 saturated heterocycles. The van der Waals surface area contributed by atoms with E-state index >= 15 is 0 Å². The quantitative estimate of drug-likeness (QED) is 0.841. The number of nitrogens with one attached hydrogen (secondary N) is 1. The van der Waals surface area contributed by atoms with Gasteiger partial charge < -0.3 is 5.32 Å². The van der Waals surface area contributed by atoms with Crippen LogP contribution in [-0.2, 0) is 0 Å². The summed E-state index contributed by atoms with van der Waals surface area (Å²) in [6.07, 6.45) is 7.02. The van der Waals surface area contributed by atoms with Crippen molar-refractivity contribution < 1.29 is 0 Å². The van der Waals surface area contributed by atoms with Crippen LogP contribution >= 0.6 is 0 Å². The summed E-state index contributed by atoms with van der Waals surface area (Å²) < 4.78 is 0. The molecular formula is C17H34N2. The summed E-state index contributed by atoms with van der Waals surface area (Å²) in [5.41, 5.74) is 0. The molecule has 0 bridgehead atoms. The first kappa shape index (κ1) is 15.3. The standard InChI is InChI=1S/C17H34N2/c1-5-18-16-12-14(3)11-15(4)17(16)19-9-6-7-13(2)8-10-19/h13-18H,5-12H2,1-4H3. The molecule has 0 aromatic heterocycles. The van der Waals surface area contributed by atoms with Gasteiger partial charge in [0.25, 0.3) is 0 Å². The molecule has 1 aliphatic heterocycles. The highest BCUT2D eigenvalue weighted by Gasteiger charge is 2.37. The molecule has 1 heterocycles. The average Bonchev–Trinajstić information content (AvgIpc) is 2.54. The molecule has 0 aromatic carbocycles. The van der Waals surface area contributed by atoms with Crippen molar-refractivity contribution in [2.75, 3.05) is 19.6 Å². The molecule has 0 amide bonds. The van der Waals surface area contributed by atoms with Gasteiger partial charge in [-0.25, -0.2) is 0 Å². The number of likely N-dealkylation sites (N-methyl/N-ethyl adjacent to an activating group) is 1. The van der Waals surface area contributed by atoms with Crippen molar-refractivity contribution in [3.05, 3.63) is 0 Å². The second kappa shape index (κ2) is 7.08. The van der Waals surface area contributed by atoms with E-state index in [1.54, 1.807) is 0 Å². The van der Waals surface area contributed by atoms with Gasteiger partial charge >= 0.3 is 0 Å². The van der Waals surface area contributed by atoms with Gasteiger partial charge in [0.1, 0.15) is 0 Å². The van der Waals surface area contributed by atoms with E-state index in [1.165, 1.54) is 45.2 Å². The molecule has 0 spiro atoms. The van der Waals surface area contributed by atoms with E-state index in [4.69, 9.17) is 0 Å². The molecule has 2 heteroatoms. The molecule has 2 nitrogen and oxygen atoms in total. The lowest BCUT2D eigenvalue weighted by Gasteiger charge is -2.46. The van der Waals surface area contributed by atoms with Gasteiger partial charge in [0.2, 0.25) is 0 Å². The highest BCUT2D eigenvalue weighted by molar-refractivity contribution is 4.94. The van der Waals surface area contributed by atoms with Gasteiger partial charge in [-0.05, 0) is 69.5 Å². The Hall–Kier alpha value is -0.0800. The number of rotatable bonds is 3. The number of hydrogen-bond acceptors (Lipinski definition) is 2. The van der Waals surface area contributed by atoms with Crippen LogP contribution in [0, 0.1) is 17.8 Å². The topological polar surface area (TPSA) is 15.3 Å². The first-order chi connectivity index (χ1) is 9.11. The van der Waals surface area contributed by atoms with E-state index in [0.717, 1.165) is 36.4 Å². The number of hydrogen-bond donors (Lipinski definition) is 1. The van der Waals surface area contributed by atoms with Crippen LogP contribution in [0.2, 0.25) is 0 Å². The van der Waals surface area contributed by atoms with Crippen molar-refractivity contribution in [3.63, 3.8) is 0 Å². The predicted octanol–water partition coefficient (Wildman–Crippen LogP) is 3.52. The lowest BCUT2D eigenvalue weighted by atomic mass is 9.75. The maximum Gasteiger partial charge on any atom is 0.0275 e. The zero-order valence-electron chi connectivity index (χ0n) is 13.5. The Morgan fingerprint density at radius 1 is 1.00 bits per heavy atom. The maximum absolute atomic E-state index is 3.78. The molecule has 2 aliphatic rings. The third kappa shape index (κ3) is 3.95. The predicted molar refractivity (Wildman–Crippen MR) is 83.4 cm³/mol. The van der Waals surface area contributed by atoms with Gasteiger partial charge in [-0.3, -0.25) is 4.90 Å². The lowest BCUT2D eigenvalue weighted by molar-refractivity contribution is 0.0636. The fourth-order valence-corrected chi connectivity index (χ4v) is 4.50. The lowest BCUT2D eigenvalue weighted by Crippen LogP contribution is -2.56. The third-order valence-corrected chi connectivity index (χ3v) is 5.37. The molecule has 2 fully saturated rings. The monoisotopic (exact) mass is 266 g/mol. The molecule has 19 heavy (non-hydrogen) atoms. The van der Waals surface area contributed by atoms with E-state index < -0.39 is 0 Å². The molecule has 1 aliphatic carbocycles. The van der Waals surface area contributed by atoms with E-state index in [9.17, 15) is 0 Å². The van der Waals surface area contributed by atoms with Gasteiger partial charge in [0, 0.05) is 12.1 Å². The van der Waals surface area contributed by atoms with Crippen molar-refractivity contribution in [1.29, 1.82) is 0 Å². The first-order valence-electron chi connectivity index (χ1n) is 8.59. The summed E-state index contributed by atoms with van der Waals surface area (Å²) in [4.78, 5) is 2.83. The fraction of sp³-hybridized carbons (Fsp3) is 1.00. The summed E-state index contributed by atoms with van der Waals surface area (Å²) in [5.74, 6) is 2.67. The third-order valence-electron chi connectivity index (χ3n) is 5.37. The Morgan fingerprint density at radius 3 is 2.53 bits per heavy atom. The smallest absolute Gasteiger partial charge is 0.0275 e. The summed E-state index contributed by atoms with van der Waals surface area (Å²) in [5, 5.41) is 3.78. The fourth-order valence-electron chi connectivity index (χ4n) is 4.50. The van der Waals surface area contributed by atoms with Crippen molar-refractivity contribution in [2.45, 2.75) is 71.9 Å². The molecule has 0 radical (unpaired) electrons. The maximum atomic E-state index is 3.78. The molecule has 112 valence electrons. The average molecular weight is 266 g/mol. The van der Waals surface area contributed by atoms with Crippen molar-refractivity contribution in [2.24, 2.45) is 17.8 Å². The zero-order valence-corrected chi connectivity index (χ0v) is 13.5. The minimum Gasteiger partial charge on any atom is -0.313 e. The first-order valence-corrected chi connectivity index (χ1v) is 8.59. The van der Waals surface area contributed by atoms with Crippen LogP contribution in [0.25, 0.3) is 0 Å². The molecular weight excluding hydrogens is 232 g/mol. The SMILES string of the molecule is CCNC1CC(C)CC(C)C1N1CCCC(C)CC1. The summed E-state index contributed by atoms with van der Waals surface area (Å²) in [6.45, 7) is 13.4. The van der Waals surface area contributed by atoms with Crippen LogP contribution in [0.5, 0.6) is 0 Å². The number of nitrogens with zero attached hydrogens (tertiary/aromatic N) is 1. The second-order valence-corrected chi connectivity index (χ2v) is 7.28. The Bertz CT molecular complexity index is 266. The number of likely N-dealkylation sites (tertiary alicyclic amines) is 1. The minimum absolute atomic E-state index is 0.720. The van der Waals surface area contributed by atoms with Crippen LogP contribution < -0.4 is 5.32 Å². The Balaban J connectivity index is 2.04. The van der Waals surface area contributed by atoms with Gasteiger partial charge in [0.15, 0.2) is 0 Å². The summed E-state index contributed by atoms with van der Waals surface area (Å²) in [6, 6.07) is 1.50. The second-order valence-electron chi connectivity index (χ2n) is 7.28. The largest absolute Gasteiger partial charge is 0.313 e. The van der Waals surface area contributed by atoms with Gasteiger partial charge in [-0.15, -0.1) is 0 Å². The Kier molecular flexibility index (Phi) is 5.70. The van der Waals surface area contributed by atoms with Crippen LogP contribution in [0.3, 0.4) is 0 Å². The normalized spacial score (nSPS) is 42.0. The molecule has 2 rings (SSSR count). The van der Waals surface area contributed by atoms with Crippen LogP contribution in [0.4, 0.5) is 0 Å².